The average Bonchev–Trinajstić information content (AvgIpc) is 3.46. The molecule has 1 aliphatic carbocycles. The summed E-state index contributed by atoms with van der Waals surface area (Å²) in [4.78, 5) is 32.1. The van der Waals surface area contributed by atoms with Crippen LogP contribution in [0.15, 0.2) is 42.9 Å². The van der Waals surface area contributed by atoms with Gasteiger partial charge in [-0.05, 0) is 55.9 Å². The van der Waals surface area contributed by atoms with Crippen molar-refractivity contribution >= 4 is 32.7 Å². The Morgan fingerprint density at radius 2 is 1.97 bits per heavy atom. The lowest BCUT2D eigenvalue weighted by molar-refractivity contribution is -0.0505. The Hall–Kier alpha value is -3.40. The molecule has 2 atom stereocenters. The first kappa shape index (κ1) is 20.2. The Balaban J connectivity index is 1.31. The highest BCUT2D eigenvalue weighted by atomic mass is 32.1. The maximum absolute atomic E-state index is 14.0. The van der Waals surface area contributed by atoms with Gasteiger partial charge in [-0.1, -0.05) is 18.3 Å². The number of thiazole rings is 1. The molecular weight excluding hydrogens is 436 g/mol. The molecule has 2 saturated heterocycles. The van der Waals surface area contributed by atoms with E-state index in [4.69, 9.17) is 0 Å². The molecule has 3 aliphatic rings. The van der Waals surface area contributed by atoms with E-state index < -0.39 is 0 Å². The van der Waals surface area contributed by atoms with Crippen LogP contribution in [0.2, 0.25) is 0 Å². The minimum absolute atomic E-state index is 0.0516. The van der Waals surface area contributed by atoms with Gasteiger partial charge in [0.2, 0.25) is 0 Å². The summed E-state index contributed by atoms with van der Waals surface area (Å²) in [5.41, 5.74) is 2.69. The Bertz CT molecular complexity index is 1280. The van der Waals surface area contributed by atoms with E-state index in [1.54, 1.807) is 18.6 Å². The number of hydrogen-bond acceptors (Lipinski definition) is 8. The van der Waals surface area contributed by atoms with Crippen molar-refractivity contribution in [2.75, 3.05) is 11.9 Å². The first-order valence-corrected chi connectivity index (χ1v) is 12.0. The number of nitrogens with one attached hydrogen (secondary N) is 1. The molecule has 3 fully saturated rings. The number of aromatic nitrogens is 6. The Kier molecular flexibility index (Phi) is 4.83. The summed E-state index contributed by atoms with van der Waals surface area (Å²) in [6.07, 6.45) is 7.09. The third kappa shape index (κ3) is 3.45. The number of pyridine rings is 2. The van der Waals surface area contributed by atoms with Crippen LogP contribution < -0.4 is 5.32 Å². The number of anilines is 1. The zero-order chi connectivity index (χ0) is 22.5. The lowest BCUT2D eigenvalue weighted by Gasteiger charge is -2.57. The zero-order valence-electron chi connectivity index (χ0n) is 18.4. The van der Waals surface area contributed by atoms with Crippen molar-refractivity contribution in [1.29, 1.82) is 0 Å². The summed E-state index contributed by atoms with van der Waals surface area (Å²) in [7, 11) is 0. The number of carbonyl (C=O) groups is 1. The molecule has 10 heteroatoms. The summed E-state index contributed by atoms with van der Waals surface area (Å²) < 4.78 is 0. The largest absolute Gasteiger partial charge is 0.359 e. The van der Waals surface area contributed by atoms with Gasteiger partial charge in [0.05, 0.1) is 18.4 Å². The third-order valence-corrected chi connectivity index (χ3v) is 7.90. The van der Waals surface area contributed by atoms with Gasteiger partial charge >= 0.3 is 0 Å². The minimum atomic E-state index is -0.0567. The zero-order valence-corrected chi connectivity index (χ0v) is 19.2. The number of nitrogens with zero attached hydrogens (tertiary/aromatic N) is 7. The molecule has 7 rings (SSSR count). The van der Waals surface area contributed by atoms with E-state index in [0.29, 0.717) is 29.8 Å². The standard InChI is InChI=1S/C23H24N8OS/c1-13-5-6-18(31-26-8-9-27-31)20(28-13)22(32)30-16-10-15(11-16)14(2)19(30)12-25-23-29-17-4-3-7-24-21(17)33-23/h3-9,14-16,19H,10-12H2,1-2H3,(H,25,29)/t14-,15?,16?,19-/m1/s1. The second kappa shape index (κ2) is 7.87. The van der Waals surface area contributed by atoms with Crippen molar-refractivity contribution in [3.05, 3.63) is 54.2 Å². The van der Waals surface area contributed by atoms with Gasteiger partial charge in [0.25, 0.3) is 5.91 Å². The highest BCUT2D eigenvalue weighted by Gasteiger charge is 2.51. The summed E-state index contributed by atoms with van der Waals surface area (Å²) in [6, 6.07) is 7.90. The Morgan fingerprint density at radius 3 is 2.76 bits per heavy atom. The molecule has 0 radical (unpaired) electrons. The van der Waals surface area contributed by atoms with Crippen LogP contribution in [0.1, 0.15) is 35.9 Å². The second-order valence-electron chi connectivity index (χ2n) is 8.89. The van der Waals surface area contributed by atoms with Crippen LogP contribution in [-0.2, 0) is 0 Å². The third-order valence-electron chi connectivity index (χ3n) is 6.96. The van der Waals surface area contributed by atoms with E-state index in [9.17, 15) is 4.79 Å². The van der Waals surface area contributed by atoms with Crippen molar-refractivity contribution in [2.24, 2.45) is 11.8 Å². The number of rotatable bonds is 5. The van der Waals surface area contributed by atoms with Crippen LogP contribution in [0, 0.1) is 18.8 Å². The number of aryl methyl sites for hydroxylation is 1. The topological polar surface area (TPSA) is 102 Å². The van der Waals surface area contributed by atoms with E-state index in [2.05, 4.69) is 42.3 Å². The maximum Gasteiger partial charge on any atom is 0.275 e. The van der Waals surface area contributed by atoms with Crippen molar-refractivity contribution in [1.82, 2.24) is 34.8 Å². The predicted molar refractivity (Wildman–Crippen MR) is 125 cm³/mol. The van der Waals surface area contributed by atoms with Crippen LogP contribution >= 0.6 is 11.3 Å². The van der Waals surface area contributed by atoms with Crippen molar-refractivity contribution in [2.45, 2.75) is 38.8 Å². The van der Waals surface area contributed by atoms with Gasteiger partial charge in [-0.2, -0.15) is 10.2 Å². The Labute approximate surface area is 194 Å². The number of piperidine rings is 2. The fourth-order valence-corrected chi connectivity index (χ4v) is 5.91. The van der Waals surface area contributed by atoms with Crippen LogP contribution in [0.3, 0.4) is 0 Å². The molecular formula is C23H24N8OS. The predicted octanol–water partition coefficient (Wildman–Crippen LogP) is 3.33. The van der Waals surface area contributed by atoms with Gasteiger partial charge < -0.3 is 10.2 Å². The molecule has 6 heterocycles. The number of hydrogen-bond donors (Lipinski definition) is 1. The molecule has 9 nitrogen and oxygen atoms in total. The van der Waals surface area contributed by atoms with Gasteiger partial charge in [0.15, 0.2) is 10.8 Å². The van der Waals surface area contributed by atoms with Gasteiger partial charge in [0, 0.05) is 24.5 Å². The average molecular weight is 461 g/mol. The highest BCUT2D eigenvalue weighted by molar-refractivity contribution is 7.21. The molecule has 2 aliphatic heterocycles. The van der Waals surface area contributed by atoms with Crippen molar-refractivity contribution < 1.29 is 4.79 Å². The van der Waals surface area contributed by atoms with Crippen LogP contribution in [0.25, 0.3) is 16.0 Å². The number of fused-ring (bicyclic) bond motifs is 3. The molecule has 0 aromatic carbocycles. The molecule has 33 heavy (non-hydrogen) atoms. The summed E-state index contributed by atoms with van der Waals surface area (Å²) in [5.74, 6) is 0.981. The lowest BCUT2D eigenvalue weighted by atomic mass is 9.64. The highest BCUT2D eigenvalue weighted by Crippen LogP contribution is 2.47. The number of amides is 1. The monoisotopic (exact) mass is 460 g/mol. The number of carbonyl (C=O) groups excluding carboxylic acids is 1. The van der Waals surface area contributed by atoms with E-state index >= 15 is 0 Å². The maximum atomic E-state index is 14.0. The van der Waals surface area contributed by atoms with Gasteiger partial charge in [-0.15, -0.1) is 4.80 Å². The summed E-state index contributed by atoms with van der Waals surface area (Å²) >= 11 is 1.54. The SMILES string of the molecule is Cc1ccc(-n2nccn2)c(C(=O)N2C3CC(C3)[C@@H](C)[C@H]2CNc2nc3cccnc3s2)n1. The normalized spacial score (nSPS) is 24.0. The van der Waals surface area contributed by atoms with E-state index in [1.165, 1.54) is 16.1 Å². The van der Waals surface area contributed by atoms with Crippen LogP contribution in [-0.4, -0.2) is 59.4 Å². The first-order chi connectivity index (χ1) is 16.1. The fourth-order valence-electron chi connectivity index (χ4n) is 5.09. The van der Waals surface area contributed by atoms with Gasteiger partial charge in [0.1, 0.15) is 16.0 Å². The molecule has 168 valence electrons. The molecule has 4 aromatic heterocycles. The summed E-state index contributed by atoms with van der Waals surface area (Å²) in [5, 5.41) is 12.8. The first-order valence-electron chi connectivity index (χ1n) is 11.2. The Morgan fingerprint density at radius 1 is 1.15 bits per heavy atom. The van der Waals surface area contributed by atoms with Crippen molar-refractivity contribution in [3.8, 4) is 5.69 Å². The molecule has 1 saturated carbocycles. The fraction of sp³-hybridized carbons (Fsp3) is 0.391. The van der Waals surface area contributed by atoms with Gasteiger partial charge in [-0.3, -0.25) is 4.79 Å². The second-order valence-corrected chi connectivity index (χ2v) is 9.87. The molecule has 0 spiro atoms. The van der Waals surface area contributed by atoms with Crippen molar-refractivity contribution in [3.63, 3.8) is 0 Å². The van der Waals surface area contributed by atoms with Crippen LogP contribution in [0.5, 0.6) is 0 Å². The molecule has 4 aromatic rings. The molecule has 1 amide bonds. The van der Waals surface area contributed by atoms with Gasteiger partial charge in [-0.25, -0.2) is 15.0 Å². The van der Waals surface area contributed by atoms with Crippen LogP contribution in [0.4, 0.5) is 5.13 Å². The molecule has 0 unspecified atom stereocenters. The quantitative estimate of drug-likeness (QED) is 0.487. The summed E-state index contributed by atoms with van der Waals surface area (Å²) in [6.45, 7) is 4.79. The van der Waals surface area contributed by atoms with E-state index in [-0.39, 0.29) is 18.0 Å². The van der Waals surface area contributed by atoms with E-state index in [0.717, 1.165) is 34.0 Å². The smallest absolute Gasteiger partial charge is 0.275 e. The lowest BCUT2D eigenvalue weighted by Crippen LogP contribution is -2.64. The minimum Gasteiger partial charge on any atom is -0.359 e. The van der Waals surface area contributed by atoms with E-state index in [1.807, 2.05) is 31.2 Å². The molecule has 1 N–H and O–H groups in total. The molecule has 2 bridgehead atoms.